The normalized spacial score (nSPS) is 12.6. The molecule has 0 aliphatic heterocycles. The first-order valence-electron chi connectivity index (χ1n) is 5.16. The Morgan fingerprint density at radius 1 is 1.31 bits per heavy atom. The molecular formula is C11H14N4O. The smallest absolute Gasteiger partial charge is 0.115 e. The maximum Gasteiger partial charge on any atom is 0.115 e. The Morgan fingerprint density at radius 3 is 2.69 bits per heavy atom. The van der Waals surface area contributed by atoms with E-state index in [0.717, 1.165) is 17.5 Å². The molecule has 0 radical (unpaired) electrons. The number of hydrogen-bond donors (Lipinski definition) is 1. The number of hydrogen-bond acceptors (Lipinski definition) is 4. The summed E-state index contributed by atoms with van der Waals surface area (Å²) in [5, 5.41) is 14.0. The first-order chi connectivity index (χ1) is 7.75. The van der Waals surface area contributed by atoms with Crippen molar-refractivity contribution in [1.82, 2.24) is 19.7 Å². The summed E-state index contributed by atoms with van der Waals surface area (Å²) < 4.78 is 1.76. The van der Waals surface area contributed by atoms with Crippen LogP contribution in [0.4, 0.5) is 0 Å². The second kappa shape index (κ2) is 4.85. The van der Waals surface area contributed by atoms with E-state index in [1.54, 1.807) is 17.1 Å². The van der Waals surface area contributed by atoms with Crippen LogP contribution in [0.15, 0.2) is 31.1 Å². The number of aryl methyl sites for hydroxylation is 2. The molecule has 0 fully saturated rings. The minimum Gasteiger partial charge on any atom is -0.388 e. The molecular weight excluding hydrogens is 204 g/mol. The summed E-state index contributed by atoms with van der Waals surface area (Å²) >= 11 is 0. The Hall–Kier alpha value is -1.75. The molecule has 84 valence electrons. The van der Waals surface area contributed by atoms with E-state index in [-0.39, 0.29) is 0 Å². The average molecular weight is 218 g/mol. The van der Waals surface area contributed by atoms with Crippen LogP contribution in [0.3, 0.4) is 0 Å². The van der Waals surface area contributed by atoms with E-state index in [1.165, 1.54) is 6.33 Å². The third-order valence-corrected chi connectivity index (χ3v) is 2.43. The van der Waals surface area contributed by atoms with Crippen molar-refractivity contribution in [2.24, 2.45) is 7.05 Å². The topological polar surface area (TPSA) is 63.8 Å². The molecule has 0 aliphatic carbocycles. The van der Waals surface area contributed by atoms with Crippen molar-refractivity contribution in [3.05, 3.63) is 42.2 Å². The van der Waals surface area contributed by atoms with Crippen molar-refractivity contribution < 1.29 is 5.11 Å². The highest BCUT2D eigenvalue weighted by Gasteiger charge is 2.08. The molecule has 5 nitrogen and oxygen atoms in total. The Morgan fingerprint density at radius 2 is 2.06 bits per heavy atom. The Bertz CT molecular complexity index is 440. The molecule has 0 amide bonds. The molecule has 0 saturated heterocycles. The molecule has 0 aliphatic rings. The zero-order valence-corrected chi connectivity index (χ0v) is 9.11. The van der Waals surface area contributed by atoms with Crippen LogP contribution in [0.1, 0.15) is 23.7 Å². The molecule has 1 atom stereocenters. The molecule has 16 heavy (non-hydrogen) atoms. The molecule has 1 N–H and O–H groups in total. The lowest BCUT2D eigenvalue weighted by Crippen LogP contribution is -2.00. The molecule has 5 heteroatoms. The summed E-state index contributed by atoms with van der Waals surface area (Å²) in [7, 11) is 1.88. The van der Waals surface area contributed by atoms with Gasteiger partial charge in [0, 0.05) is 31.2 Å². The zero-order valence-electron chi connectivity index (χ0n) is 9.11. The fraction of sp³-hybridized carbons (Fsp3) is 0.364. The summed E-state index contributed by atoms with van der Waals surface area (Å²) in [6.07, 6.45) is 9.44. The van der Waals surface area contributed by atoms with Gasteiger partial charge in [0.25, 0.3) is 0 Å². The molecule has 2 aromatic rings. The van der Waals surface area contributed by atoms with Crippen molar-refractivity contribution in [2.45, 2.75) is 18.9 Å². The minimum atomic E-state index is -0.513. The molecule has 2 rings (SSSR count). The van der Waals surface area contributed by atoms with Crippen LogP contribution in [0.5, 0.6) is 0 Å². The summed E-state index contributed by atoms with van der Waals surface area (Å²) in [5.41, 5.74) is 1.88. The van der Waals surface area contributed by atoms with Gasteiger partial charge in [-0.3, -0.25) is 4.68 Å². The van der Waals surface area contributed by atoms with Gasteiger partial charge in [-0.2, -0.15) is 5.10 Å². The molecule has 0 saturated carbocycles. The molecule has 2 heterocycles. The molecule has 0 bridgehead atoms. The average Bonchev–Trinajstić information content (AvgIpc) is 2.73. The van der Waals surface area contributed by atoms with Crippen molar-refractivity contribution in [1.29, 1.82) is 0 Å². The van der Waals surface area contributed by atoms with Gasteiger partial charge in [0.15, 0.2) is 0 Å². The Labute approximate surface area is 93.8 Å². The van der Waals surface area contributed by atoms with E-state index in [2.05, 4.69) is 15.1 Å². The van der Waals surface area contributed by atoms with E-state index in [9.17, 15) is 5.11 Å². The van der Waals surface area contributed by atoms with Crippen LogP contribution in [0.25, 0.3) is 0 Å². The van der Waals surface area contributed by atoms with Gasteiger partial charge in [-0.25, -0.2) is 9.97 Å². The lowest BCUT2D eigenvalue weighted by molar-refractivity contribution is 0.167. The van der Waals surface area contributed by atoms with Crippen molar-refractivity contribution >= 4 is 0 Å². The predicted octanol–water partition coefficient (Wildman–Crippen LogP) is 0.876. The van der Waals surface area contributed by atoms with Gasteiger partial charge in [0.05, 0.1) is 12.3 Å². The summed E-state index contributed by atoms with van der Waals surface area (Å²) in [6.45, 7) is 0. The zero-order chi connectivity index (χ0) is 11.4. The van der Waals surface area contributed by atoms with E-state index in [1.807, 2.05) is 19.4 Å². The fourth-order valence-corrected chi connectivity index (χ4v) is 1.55. The third-order valence-electron chi connectivity index (χ3n) is 2.43. The molecule has 0 aromatic carbocycles. The van der Waals surface area contributed by atoms with Crippen LogP contribution in [0.2, 0.25) is 0 Å². The summed E-state index contributed by atoms with van der Waals surface area (Å²) in [5.74, 6) is 0. The lowest BCUT2D eigenvalue weighted by Gasteiger charge is -2.08. The second-order valence-corrected chi connectivity index (χ2v) is 3.75. The van der Waals surface area contributed by atoms with E-state index >= 15 is 0 Å². The maximum absolute atomic E-state index is 9.88. The lowest BCUT2D eigenvalue weighted by atomic mass is 10.1. The van der Waals surface area contributed by atoms with Gasteiger partial charge in [-0.05, 0) is 18.4 Å². The van der Waals surface area contributed by atoms with Crippen LogP contribution in [0, 0.1) is 0 Å². The first kappa shape index (κ1) is 10.8. The van der Waals surface area contributed by atoms with Gasteiger partial charge >= 0.3 is 0 Å². The maximum atomic E-state index is 9.88. The minimum absolute atomic E-state index is 0.513. The van der Waals surface area contributed by atoms with Crippen LogP contribution < -0.4 is 0 Å². The Kier molecular flexibility index (Phi) is 3.26. The Balaban J connectivity index is 1.91. The van der Waals surface area contributed by atoms with Gasteiger partial charge in [0.1, 0.15) is 6.33 Å². The van der Waals surface area contributed by atoms with Crippen molar-refractivity contribution in [3.8, 4) is 0 Å². The van der Waals surface area contributed by atoms with Crippen LogP contribution in [-0.4, -0.2) is 24.9 Å². The number of nitrogens with zero attached hydrogens (tertiary/aromatic N) is 4. The molecule has 1 unspecified atom stereocenters. The molecule has 0 spiro atoms. The molecule has 2 aromatic heterocycles. The third kappa shape index (κ3) is 2.64. The second-order valence-electron chi connectivity index (χ2n) is 3.75. The van der Waals surface area contributed by atoms with Gasteiger partial charge in [-0.15, -0.1) is 0 Å². The van der Waals surface area contributed by atoms with Crippen LogP contribution in [-0.2, 0) is 13.5 Å². The number of aliphatic hydroxyl groups excluding tert-OH is 1. The standard InChI is InChI=1S/C11H14N4O/c1-15-7-9(4-14-15)2-3-11(16)10-5-12-8-13-6-10/h4-8,11,16H,2-3H2,1H3. The van der Waals surface area contributed by atoms with Gasteiger partial charge in [0.2, 0.25) is 0 Å². The summed E-state index contributed by atoms with van der Waals surface area (Å²) in [6, 6.07) is 0. The van der Waals surface area contributed by atoms with E-state index < -0.39 is 6.10 Å². The van der Waals surface area contributed by atoms with Gasteiger partial charge in [-0.1, -0.05) is 0 Å². The number of aliphatic hydroxyl groups is 1. The number of rotatable bonds is 4. The SMILES string of the molecule is Cn1cc(CCC(O)c2cncnc2)cn1. The van der Waals surface area contributed by atoms with E-state index in [4.69, 9.17) is 0 Å². The summed E-state index contributed by atoms with van der Waals surface area (Å²) in [4.78, 5) is 7.75. The van der Waals surface area contributed by atoms with Gasteiger partial charge < -0.3 is 5.11 Å². The highest BCUT2D eigenvalue weighted by atomic mass is 16.3. The highest BCUT2D eigenvalue weighted by molar-refractivity contribution is 5.09. The first-order valence-corrected chi connectivity index (χ1v) is 5.16. The predicted molar refractivity (Wildman–Crippen MR) is 58.5 cm³/mol. The quantitative estimate of drug-likeness (QED) is 0.827. The largest absolute Gasteiger partial charge is 0.388 e. The highest BCUT2D eigenvalue weighted by Crippen LogP contribution is 2.16. The fourth-order valence-electron chi connectivity index (χ4n) is 1.55. The number of aromatic nitrogens is 4. The van der Waals surface area contributed by atoms with E-state index in [0.29, 0.717) is 6.42 Å². The van der Waals surface area contributed by atoms with Crippen molar-refractivity contribution in [2.75, 3.05) is 0 Å². The van der Waals surface area contributed by atoms with Crippen LogP contribution >= 0.6 is 0 Å². The monoisotopic (exact) mass is 218 g/mol. The van der Waals surface area contributed by atoms with Crippen molar-refractivity contribution in [3.63, 3.8) is 0 Å².